The number of carbonyl (C=O) groups excluding carboxylic acids is 2. The number of nitrogens with zero attached hydrogens (tertiary/aromatic N) is 2. The lowest BCUT2D eigenvalue weighted by atomic mass is 9.93. The smallest absolute Gasteiger partial charge is 0.222 e. The van der Waals surface area contributed by atoms with Crippen molar-refractivity contribution in [3.63, 3.8) is 0 Å². The van der Waals surface area contributed by atoms with Gasteiger partial charge in [-0.05, 0) is 64.2 Å². The van der Waals surface area contributed by atoms with E-state index < -0.39 is 0 Å². The van der Waals surface area contributed by atoms with E-state index in [-0.39, 0.29) is 0 Å². The Hall–Kier alpha value is -1.58. The summed E-state index contributed by atoms with van der Waals surface area (Å²) in [5.41, 5.74) is 0. The van der Waals surface area contributed by atoms with Crippen LogP contribution in [0.15, 0.2) is 25.3 Å². The lowest BCUT2D eigenvalue weighted by molar-refractivity contribution is -0.139. The highest BCUT2D eigenvalue weighted by Gasteiger charge is 2.29. The van der Waals surface area contributed by atoms with Gasteiger partial charge in [-0.15, -0.1) is 13.2 Å². The summed E-state index contributed by atoms with van der Waals surface area (Å²) in [4.78, 5) is 31.5. The summed E-state index contributed by atoms with van der Waals surface area (Å²) in [5.74, 6) is 0.678. The molecule has 0 unspecified atom stereocenters. The van der Waals surface area contributed by atoms with Crippen LogP contribution >= 0.6 is 0 Å². The summed E-state index contributed by atoms with van der Waals surface area (Å²) >= 11 is 0. The Balaban J connectivity index is 1.86. The van der Waals surface area contributed by atoms with Crippen molar-refractivity contribution < 1.29 is 9.59 Å². The Labute approximate surface area is 248 Å². The zero-order valence-corrected chi connectivity index (χ0v) is 26.2. The van der Waals surface area contributed by atoms with Gasteiger partial charge in [-0.2, -0.15) is 0 Å². The van der Waals surface area contributed by atoms with Crippen molar-refractivity contribution >= 4 is 11.8 Å². The molecule has 0 N–H and O–H groups in total. The highest BCUT2D eigenvalue weighted by atomic mass is 16.2. The van der Waals surface area contributed by atoms with Gasteiger partial charge in [0.2, 0.25) is 11.8 Å². The second-order valence-corrected chi connectivity index (χ2v) is 12.7. The molecule has 0 heterocycles. The standard InChI is InChI=1S/C36H64N2O2/c1-3-5-7-9-11-13-15-23-29-35(39)37(33-25-19-17-20-26-33)31-32-38(34-27-21-18-22-28-34)36(40)30-24-16-14-12-10-8-6-4-2/h3-4,33-34H,1-2,5-32H2. The van der Waals surface area contributed by atoms with Crippen LogP contribution in [-0.2, 0) is 9.59 Å². The molecule has 0 bridgehead atoms. The van der Waals surface area contributed by atoms with Gasteiger partial charge in [0.1, 0.15) is 0 Å². The first-order valence-corrected chi connectivity index (χ1v) is 17.5. The van der Waals surface area contributed by atoms with Crippen molar-refractivity contribution in [2.75, 3.05) is 13.1 Å². The fourth-order valence-electron chi connectivity index (χ4n) is 6.85. The van der Waals surface area contributed by atoms with E-state index in [1.54, 1.807) is 0 Å². The monoisotopic (exact) mass is 556 g/mol. The van der Waals surface area contributed by atoms with Gasteiger partial charge in [-0.1, -0.05) is 102 Å². The van der Waals surface area contributed by atoms with Gasteiger partial charge in [0.25, 0.3) is 0 Å². The van der Waals surface area contributed by atoms with Crippen LogP contribution in [0.2, 0.25) is 0 Å². The van der Waals surface area contributed by atoms with Crippen LogP contribution < -0.4 is 0 Å². The number of carbonyl (C=O) groups is 2. The first-order chi connectivity index (χ1) is 19.7. The molecule has 0 radical (unpaired) electrons. The summed E-state index contributed by atoms with van der Waals surface area (Å²) in [6.07, 6.45) is 34.0. The van der Waals surface area contributed by atoms with E-state index in [0.29, 0.717) is 36.7 Å². The molecule has 4 heteroatoms. The van der Waals surface area contributed by atoms with Gasteiger partial charge in [0, 0.05) is 38.0 Å². The van der Waals surface area contributed by atoms with Crippen molar-refractivity contribution in [1.29, 1.82) is 0 Å². The minimum atomic E-state index is 0.339. The second-order valence-electron chi connectivity index (χ2n) is 12.7. The molecule has 0 atom stereocenters. The minimum Gasteiger partial charge on any atom is -0.338 e. The number of hydrogen-bond donors (Lipinski definition) is 0. The van der Waals surface area contributed by atoms with Gasteiger partial charge < -0.3 is 9.80 Å². The van der Waals surface area contributed by atoms with E-state index in [1.807, 2.05) is 12.2 Å². The lowest BCUT2D eigenvalue weighted by Crippen LogP contribution is -2.49. The van der Waals surface area contributed by atoms with Crippen LogP contribution in [0, 0.1) is 0 Å². The summed E-state index contributed by atoms with van der Waals surface area (Å²) in [6.45, 7) is 9.08. The highest BCUT2D eigenvalue weighted by Crippen LogP contribution is 2.26. The molecule has 2 rings (SSSR count). The first kappa shape index (κ1) is 34.6. The van der Waals surface area contributed by atoms with Gasteiger partial charge >= 0.3 is 0 Å². The molecule has 230 valence electrons. The average Bonchev–Trinajstić information content (AvgIpc) is 2.98. The van der Waals surface area contributed by atoms with Crippen LogP contribution in [0.25, 0.3) is 0 Å². The van der Waals surface area contributed by atoms with Crippen LogP contribution in [0.4, 0.5) is 0 Å². The lowest BCUT2D eigenvalue weighted by Gasteiger charge is -2.39. The summed E-state index contributed by atoms with van der Waals surface area (Å²) in [6, 6.07) is 0.758. The van der Waals surface area contributed by atoms with Crippen molar-refractivity contribution in [2.24, 2.45) is 0 Å². The maximum atomic E-state index is 13.5. The van der Waals surface area contributed by atoms with E-state index in [2.05, 4.69) is 23.0 Å². The van der Waals surface area contributed by atoms with E-state index in [0.717, 1.165) is 77.3 Å². The van der Waals surface area contributed by atoms with E-state index in [1.165, 1.54) is 89.9 Å². The zero-order valence-electron chi connectivity index (χ0n) is 26.2. The number of amides is 2. The molecule has 2 fully saturated rings. The third-order valence-corrected chi connectivity index (χ3v) is 9.35. The van der Waals surface area contributed by atoms with Crippen LogP contribution in [0.1, 0.15) is 167 Å². The molecule has 0 aliphatic heterocycles. The number of hydrogen-bond acceptors (Lipinski definition) is 2. The largest absolute Gasteiger partial charge is 0.338 e. The van der Waals surface area contributed by atoms with Gasteiger partial charge in [0.15, 0.2) is 0 Å². The van der Waals surface area contributed by atoms with Crippen molar-refractivity contribution in [1.82, 2.24) is 9.80 Å². The maximum absolute atomic E-state index is 13.5. The van der Waals surface area contributed by atoms with Gasteiger partial charge in [0.05, 0.1) is 0 Å². The predicted molar refractivity (Wildman–Crippen MR) is 171 cm³/mol. The van der Waals surface area contributed by atoms with Crippen LogP contribution in [0.5, 0.6) is 0 Å². The topological polar surface area (TPSA) is 40.6 Å². The van der Waals surface area contributed by atoms with Crippen LogP contribution in [-0.4, -0.2) is 46.8 Å². The Morgan fingerprint density at radius 1 is 0.500 bits per heavy atom. The van der Waals surface area contributed by atoms with Gasteiger partial charge in [-0.3, -0.25) is 9.59 Å². The maximum Gasteiger partial charge on any atom is 0.222 e. The Bertz CT molecular complexity index is 620. The molecule has 2 amide bonds. The highest BCUT2D eigenvalue weighted by molar-refractivity contribution is 5.78. The number of rotatable bonds is 23. The quantitative estimate of drug-likeness (QED) is 0.0928. The fourth-order valence-corrected chi connectivity index (χ4v) is 6.85. The third-order valence-electron chi connectivity index (χ3n) is 9.35. The molecule has 0 saturated heterocycles. The molecular formula is C36H64N2O2. The molecule has 2 saturated carbocycles. The SMILES string of the molecule is C=CCCCCCCCCC(=O)N(CCN(C(=O)CCCCCCCCC=C)C1CCCCC1)C1CCCCC1. The molecule has 0 spiro atoms. The summed E-state index contributed by atoms with van der Waals surface area (Å²) < 4.78 is 0. The molecule has 0 aromatic rings. The van der Waals surface area contributed by atoms with Crippen molar-refractivity contribution in [3.05, 3.63) is 25.3 Å². The average molecular weight is 557 g/mol. The fraction of sp³-hybridized carbons (Fsp3) is 0.833. The van der Waals surface area contributed by atoms with E-state index in [4.69, 9.17) is 0 Å². The molecule has 0 aromatic heterocycles. The van der Waals surface area contributed by atoms with E-state index in [9.17, 15) is 9.59 Å². The Kier molecular flexibility index (Phi) is 19.9. The molecule has 0 aromatic carbocycles. The molecule has 2 aliphatic rings. The molecular weight excluding hydrogens is 492 g/mol. The number of allylic oxidation sites excluding steroid dienone is 2. The predicted octanol–water partition coefficient (Wildman–Crippen LogP) is 9.92. The van der Waals surface area contributed by atoms with Crippen molar-refractivity contribution in [2.45, 2.75) is 179 Å². The Morgan fingerprint density at radius 2 is 0.825 bits per heavy atom. The Morgan fingerprint density at radius 3 is 1.18 bits per heavy atom. The molecule has 2 aliphatic carbocycles. The zero-order chi connectivity index (χ0) is 28.7. The second kappa shape index (κ2) is 23.0. The minimum absolute atomic E-state index is 0.339. The summed E-state index contributed by atoms with van der Waals surface area (Å²) in [5, 5.41) is 0. The van der Waals surface area contributed by atoms with Gasteiger partial charge in [-0.25, -0.2) is 0 Å². The van der Waals surface area contributed by atoms with Crippen LogP contribution in [0.3, 0.4) is 0 Å². The third kappa shape index (κ3) is 14.9. The molecule has 40 heavy (non-hydrogen) atoms. The number of unbranched alkanes of at least 4 members (excludes halogenated alkanes) is 12. The normalized spacial score (nSPS) is 16.5. The molecule has 4 nitrogen and oxygen atoms in total. The van der Waals surface area contributed by atoms with Crippen molar-refractivity contribution in [3.8, 4) is 0 Å². The first-order valence-electron chi connectivity index (χ1n) is 17.5. The van der Waals surface area contributed by atoms with E-state index >= 15 is 0 Å². The summed E-state index contributed by atoms with van der Waals surface area (Å²) in [7, 11) is 0.